The lowest BCUT2D eigenvalue weighted by molar-refractivity contribution is 0.179. The van der Waals surface area contributed by atoms with Gasteiger partial charge in [-0.05, 0) is 38.1 Å². The van der Waals surface area contributed by atoms with Crippen molar-refractivity contribution in [1.82, 2.24) is 10.3 Å². The van der Waals surface area contributed by atoms with Crippen LogP contribution in [0.25, 0.3) is 0 Å². The summed E-state index contributed by atoms with van der Waals surface area (Å²) in [5.41, 5.74) is 1.33. The van der Waals surface area contributed by atoms with Crippen molar-refractivity contribution in [2.75, 3.05) is 6.54 Å². The van der Waals surface area contributed by atoms with E-state index in [4.69, 9.17) is 4.98 Å². The number of thiazole rings is 1. The van der Waals surface area contributed by atoms with Crippen LogP contribution in [-0.4, -0.2) is 11.5 Å². The largest absolute Gasteiger partial charge is 0.306 e. The molecule has 1 aromatic heterocycles. The van der Waals surface area contributed by atoms with Crippen LogP contribution in [0.3, 0.4) is 0 Å². The summed E-state index contributed by atoms with van der Waals surface area (Å²) >= 11 is 1.84. The summed E-state index contributed by atoms with van der Waals surface area (Å²) in [4.78, 5) is 4.93. The lowest BCUT2D eigenvalue weighted by Gasteiger charge is -2.39. The van der Waals surface area contributed by atoms with E-state index in [1.165, 1.54) is 42.8 Å². The van der Waals surface area contributed by atoms with Crippen LogP contribution in [0.15, 0.2) is 5.38 Å². The Morgan fingerprint density at radius 3 is 2.58 bits per heavy atom. The minimum atomic E-state index is 0.0764. The fourth-order valence-corrected chi connectivity index (χ4v) is 4.43. The zero-order chi connectivity index (χ0) is 13.9. The number of hydrogen-bond acceptors (Lipinski definition) is 3. The van der Waals surface area contributed by atoms with E-state index in [1.807, 2.05) is 11.3 Å². The van der Waals surface area contributed by atoms with Crippen LogP contribution < -0.4 is 5.32 Å². The molecule has 0 amide bonds. The average Bonchev–Trinajstić information content (AvgIpc) is 2.90. The quantitative estimate of drug-likeness (QED) is 0.847. The third-order valence-electron chi connectivity index (χ3n) is 4.52. The monoisotopic (exact) mass is 280 g/mol. The summed E-state index contributed by atoms with van der Waals surface area (Å²) in [5.74, 6) is 1.27. The molecule has 0 spiro atoms. The number of aromatic nitrogens is 1. The van der Waals surface area contributed by atoms with E-state index in [0.717, 1.165) is 12.5 Å². The van der Waals surface area contributed by atoms with E-state index in [9.17, 15) is 0 Å². The Morgan fingerprint density at radius 2 is 2.05 bits per heavy atom. The highest BCUT2D eigenvalue weighted by Crippen LogP contribution is 2.40. The van der Waals surface area contributed by atoms with Crippen molar-refractivity contribution >= 4 is 11.3 Å². The third-order valence-corrected chi connectivity index (χ3v) is 5.62. The summed E-state index contributed by atoms with van der Waals surface area (Å²) in [6, 6.07) is 0. The first-order valence-corrected chi connectivity index (χ1v) is 8.66. The lowest BCUT2D eigenvalue weighted by Crippen LogP contribution is -2.46. The van der Waals surface area contributed by atoms with Gasteiger partial charge in [0.25, 0.3) is 0 Å². The highest BCUT2D eigenvalue weighted by Gasteiger charge is 2.38. The fraction of sp³-hybridized carbons (Fsp3) is 0.812. The molecule has 0 saturated heterocycles. The van der Waals surface area contributed by atoms with Crippen molar-refractivity contribution in [3.05, 3.63) is 16.1 Å². The second-order valence-corrected chi connectivity index (χ2v) is 7.16. The molecule has 1 saturated carbocycles. The zero-order valence-corrected chi connectivity index (χ0v) is 13.6. The van der Waals surface area contributed by atoms with Crippen LogP contribution in [0.1, 0.15) is 76.4 Å². The Bertz CT molecular complexity index is 393. The van der Waals surface area contributed by atoms with Crippen molar-refractivity contribution in [3.8, 4) is 0 Å². The molecule has 1 heterocycles. The topological polar surface area (TPSA) is 24.9 Å². The van der Waals surface area contributed by atoms with Crippen LogP contribution in [0.5, 0.6) is 0 Å². The first-order chi connectivity index (χ1) is 9.08. The van der Waals surface area contributed by atoms with Crippen LogP contribution in [-0.2, 0) is 5.54 Å². The number of hydrogen-bond donors (Lipinski definition) is 1. The molecular weight excluding hydrogens is 252 g/mol. The predicted octanol–water partition coefficient (Wildman–Crippen LogP) is 4.67. The fourth-order valence-electron chi connectivity index (χ4n) is 3.23. The summed E-state index contributed by atoms with van der Waals surface area (Å²) < 4.78 is 0. The molecule has 1 atom stereocenters. The minimum Gasteiger partial charge on any atom is -0.306 e. The van der Waals surface area contributed by atoms with Gasteiger partial charge in [-0.1, -0.05) is 40.0 Å². The maximum Gasteiger partial charge on any atom is 0.113 e. The summed E-state index contributed by atoms with van der Waals surface area (Å²) in [7, 11) is 0. The van der Waals surface area contributed by atoms with E-state index in [-0.39, 0.29) is 5.54 Å². The molecule has 3 heteroatoms. The van der Waals surface area contributed by atoms with Gasteiger partial charge < -0.3 is 5.32 Å². The Morgan fingerprint density at radius 1 is 1.37 bits per heavy atom. The van der Waals surface area contributed by atoms with Crippen molar-refractivity contribution in [2.45, 2.75) is 71.3 Å². The van der Waals surface area contributed by atoms with Crippen LogP contribution in [0.4, 0.5) is 0 Å². The van der Waals surface area contributed by atoms with E-state index in [2.05, 4.69) is 38.4 Å². The van der Waals surface area contributed by atoms with E-state index in [1.54, 1.807) is 0 Å². The average molecular weight is 280 g/mol. The maximum absolute atomic E-state index is 4.93. The van der Waals surface area contributed by atoms with Gasteiger partial charge in [0.15, 0.2) is 0 Å². The van der Waals surface area contributed by atoms with Gasteiger partial charge in [0.05, 0.1) is 11.2 Å². The first kappa shape index (κ1) is 15.0. The highest BCUT2D eigenvalue weighted by atomic mass is 32.1. The summed E-state index contributed by atoms with van der Waals surface area (Å²) in [6.07, 6.45) is 6.87. The van der Waals surface area contributed by atoms with Crippen molar-refractivity contribution < 1.29 is 0 Å². The first-order valence-electron chi connectivity index (χ1n) is 7.78. The lowest BCUT2D eigenvalue weighted by atomic mass is 9.76. The molecule has 1 aromatic rings. The van der Waals surface area contributed by atoms with Crippen molar-refractivity contribution in [3.63, 3.8) is 0 Å². The van der Waals surface area contributed by atoms with Crippen LogP contribution >= 0.6 is 11.3 Å². The Hall–Kier alpha value is -0.410. The highest BCUT2D eigenvalue weighted by molar-refractivity contribution is 7.09. The van der Waals surface area contributed by atoms with Gasteiger partial charge in [-0.25, -0.2) is 4.98 Å². The molecule has 19 heavy (non-hydrogen) atoms. The van der Waals surface area contributed by atoms with Gasteiger partial charge >= 0.3 is 0 Å². The van der Waals surface area contributed by atoms with Crippen molar-refractivity contribution in [1.29, 1.82) is 0 Å². The van der Waals surface area contributed by atoms with Gasteiger partial charge in [-0.15, -0.1) is 11.3 Å². The molecule has 1 aliphatic carbocycles. The Balaban J connectivity index is 2.25. The molecule has 1 fully saturated rings. The molecule has 0 aromatic carbocycles. The molecule has 0 radical (unpaired) electrons. The summed E-state index contributed by atoms with van der Waals surface area (Å²) in [5, 5.41) is 7.29. The number of nitrogens with zero attached hydrogens (tertiary/aromatic N) is 1. The second-order valence-electron chi connectivity index (χ2n) is 6.30. The molecule has 2 nitrogen and oxygen atoms in total. The van der Waals surface area contributed by atoms with Crippen LogP contribution in [0, 0.1) is 5.92 Å². The van der Waals surface area contributed by atoms with Gasteiger partial charge in [0.2, 0.25) is 0 Å². The summed E-state index contributed by atoms with van der Waals surface area (Å²) in [6.45, 7) is 10.0. The van der Waals surface area contributed by atoms with Crippen LogP contribution in [0.2, 0.25) is 0 Å². The third kappa shape index (κ3) is 3.19. The second kappa shape index (κ2) is 6.36. The molecule has 2 rings (SSSR count). The molecular formula is C16H28N2S. The molecule has 1 aliphatic rings. The molecule has 1 unspecified atom stereocenters. The van der Waals surface area contributed by atoms with E-state index in [0.29, 0.717) is 5.92 Å². The van der Waals surface area contributed by atoms with Gasteiger partial charge in [-0.3, -0.25) is 0 Å². The van der Waals surface area contributed by atoms with E-state index < -0.39 is 0 Å². The Kier molecular flexibility index (Phi) is 5.02. The van der Waals surface area contributed by atoms with Crippen molar-refractivity contribution in [2.24, 2.45) is 5.92 Å². The number of nitrogens with one attached hydrogen (secondary N) is 1. The standard InChI is InChI=1S/C16H28N2S/c1-5-17-16(4,13-9-7-6-8-10-13)15-18-14(11-19-15)12(2)3/h11-13,17H,5-10H2,1-4H3. The zero-order valence-electron chi connectivity index (χ0n) is 12.8. The normalized spacial score (nSPS) is 20.7. The maximum atomic E-state index is 4.93. The predicted molar refractivity (Wildman–Crippen MR) is 83.8 cm³/mol. The minimum absolute atomic E-state index is 0.0764. The smallest absolute Gasteiger partial charge is 0.113 e. The van der Waals surface area contributed by atoms with Gasteiger partial charge in [0.1, 0.15) is 5.01 Å². The number of rotatable bonds is 5. The molecule has 108 valence electrons. The molecule has 0 bridgehead atoms. The van der Waals surface area contributed by atoms with Gasteiger partial charge in [-0.2, -0.15) is 0 Å². The molecule has 0 aliphatic heterocycles. The molecule has 1 N–H and O–H groups in total. The Labute approximate surface area is 122 Å². The van der Waals surface area contributed by atoms with E-state index >= 15 is 0 Å². The van der Waals surface area contributed by atoms with Gasteiger partial charge in [0, 0.05) is 5.38 Å². The SMILES string of the molecule is CCNC(C)(c1nc(C(C)C)cs1)C1CCCCC1.